The van der Waals surface area contributed by atoms with Crippen LogP contribution in [0.1, 0.15) is 30.6 Å². The van der Waals surface area contributed by atoms with E-state index in [9.17, 15) is 14.9 Å². The zero-order valence-electron chi connectivity index (χ0n) is 14.7. The predicted octanol–water partition coefficient (Wildman–Crippen LogP) is 2.70. The van der Waals surface area contributed by atoms with Crippen molar-refractivity contribution in [3.05, 3.63) is 50.4 Å². The summed E-state index contributed by atoms with van der Waals surface area (Å²) in [6.45, 7) is 3.42. The second-order valence-corrected chi connectivity index (χ2v) is 6.61. The Balaban J connectivity index is 1.67. The smallest absolute Gasteiger partial charge is 0.338 e. The van der Waals surface area contributed by atoms with Crippen molar-refractivity contribution >= 4 is 11.7 Å². The number of carbonyl (C=O) groups is 1. The van der Waals surface area contributed by atoms with Crippen molar-refractivity contribution in [3.8, 4) is 0 Å². The van der Waals surface area contributed by atoms with Crippen LogP contribution >= 0.6 is 0 Å². The molecule has 0 radical (unpaired) electrons. The predicted molar refractivity (Wildman–Crippen MR) is 89.6 cm³/mol. The van der Waals surface area contributed by atoms with E-state index in [4.69, 9.17) is 24.5 Å². The number of esters is 1. The molecular formula is C16H18N4O7. The van der Waals surface area contributed by atoms with Crippen LogP contribution in [0.4, 0.5) is 5.69 Å². The normalized spacial score (nSPS) is 26.7. The molecular weight excluding hydrogens is 360 g/mol. The minimum absolute atomic E-state index is 0.122. The van der Waals surface area contributed by atoms with E-state index >= 15 is 0 Å². The molecule has 1 aromatic carbocycles. The molecule has 2 saturated heterocycles. The molecule has 0 aromatic heterocycles. The van der Waals surface area contributed by atoms with Crippen molar-refractivity contribution in [2.24, 2.45) is 5.11 Å². The van der Waals surface area contributed by atoms with Crippen LogP contribution in [0.3, 0.4) is 0 Å². The highest BCUT2D eigenvalue weighted by molar-refractivity contribution is 5.89. The Morgan fingerprint density at radius 1 is 1.44 bits per heavy atom. The van der Waals surface area contributed by atoms with Crippen LogP contribution in [-0.2, 0) is 18.9 Å². The van der Waals surface area contributed by atoms with Gasteiger partial charge >= 0.3 is 5.97 Å². The van der Waals surface area contributed by atoms with Crippen molar-refractivity contribution < 1.29 is 28.7 Å². The number of nitro benzene ring substituents is 1. The Kier molecular flexibility index (Phi) is 5.29. The number of nitrogens with zero attached hydrogens (tertiary/aromatic N) is 4. The zero-order chi connectivity index (χ0) is 19.6. The average molecular weight is 378 g/mol. The summed E-state index contributed by atoms with van der Waals surface area (Å²) in [4.78, 5) is 25.2. The number of carbonyl (C=O) groups excluding carboxylic acids is 1. The highest BCUT2D eigenvalue weighted by atomic mass is 16.8. The van der Waals surface area contributed by atoms with Crippen molar-refractivity contribution in [2.45, 2.75) is 50.7 Å². The van der Waals surface area contributed by atoms with E-state index in [1.54, 1.807) is 13.8 Å². The van der Waals surface area contributed by atoms with Gasteiger partial charge in [-0.1, -0.05) is 5.11 Å². The highest BCUT2D eigenvalue weighted by Gasteiger charge is 2.50. The third-order valence-corrected chi connectivity index (χ3v) is 4.22. The largest absolute Gasteiger partial charge is 0.456 e. The second kappa shape index (κ2) is 7.49. The number of non-ortho nitro benzene ring substituents is 1. The molecule has 0 N–H and O–H groups in total. The van der Waals surface area contributed by atoms with Gasteiger partial charge in [-0.3, -0.25) is 10.1 Å². The Hall–Kier alpha value is -2.72. The first-order valence-corrected chi connectivity index (χ1v) is 8.26. The summed E-state index contributed by atoms with van der Waals surface area (Å²) in [7, 11) is 0. The van der Waals surface area contributed by atoms with Gasteiger partial charge in [0.1, 0.15) is 18.3 Å². The number of rotatable bonds is 6. The highest BCUT2D eigenvalue weighted by Crippen LogP contribution is 2.38. The molecule has 2 aliphatic heterocycles. The molecule has 2 aliphatic rings. The summed E-state index contributed by atoms with van der Waals surface area (Å²) >= 11 is 0. The van der Waals surface area contributed by atoms with E-state index in [2.05, 4.69) is 10.0 Å². The maximum absolute atomic E-state index is 12.4. The van der Waals surface area contributed by atoms with E-state index in [-0.39, 0.29) is 23.9 Å². The molecule has 1 aromatic rings. The molecule has 0 saturated carbocycles. The molecule has 4 atom stereocenters. The summed E-state index contributed by atoms with van der Waals surface area (Å²) in [6.07, 6.45) is -1.89. The van der Waals surface area contributed by atoms with Crippen LogP contribution in [0.5, 0.6) is 0 Å². The summed E-state index contributed by atoms with van der Waals surface area (Å²) < 4.78 is 22.6. The molecule has 0 unspecified atom stereocenters. The molecule has 11 heteroatoms. The van der Waals surface area contributed by atoms with E-state index in [1.165, 1.54) is 24.3 Å². The molecule has 2 fully saturated rings. The number of benzene rings is 1. The summed E-state index contributed by atoms with van der Waals surface area (Å²) in [6, 6.07) is 5.01. The zero-order valence-corrected chi connectivity index (χ0v) is 14.7. The van der Waals surface area contributed by atoms with Gasteiger partial charge in [0.05, 0.1) is 17.0 Å². The van der Waals surface area contributed by atoms with Crippen molar-refractivity contribution in [2.75, 3.05) is 6.54 Å². The molecule has 0 aliphatic carbocycles. The third kappa shape index (κ3) is 4.34. The first-order valence-electron chi connectivity index (χ1n) is 8.26. The van der Waals surface area contributed by atoms with E-state index in [0.717, 1.165) is 0 Å². The van der Waals surface area contributed by atoms with Crippen molar-refractivity contribution in [1.82, 2.24) is 0 Å². The first-order chi connectivity index (χ1) is 12.8. The molecule has 3 rings (SSSR count). The molecule has 144 valence electrons. The molecule has 0 spiro atoms. The lowest BCUT2D eigenvalue weighted by molar-refractivity contribution is -0.384. The monoisotopic (exact) mass is 378 g/mol. The van der Waals surface area contributed by atoms with Crippen LogP contribution in [0, 0.1) is 10.1 Å². The Morgan fingerprint density at radius 3 is 2.74 bits per heavy atom. The van der Waals surface area contributed by atoms with Gasteiger partial charge < -0.3 is 18.9 Å². The number of hydrogen-bond acceptors (Lipinski definition) is 8. The van der Waals surface area contributed by atoms with Gasteiger partial charge in [0.15, 0.2) is 12.1 Å². The van der Waals surface area contributed by atoms with Gasteiger partial charge in [0.25, 0.3) is 5.69 Å². The van der Waals surface area contributed by atoms with Gasteiger partial charge in [-0.05, 0) is 31.5 Å². The van der Waals surface area contributed by atoms with Crippen LogP contribution < -0.4 is 0 Å². The lowest BCUT2D eigenvalue weighted by Crippen LogP contribution is -2.36. The quantitative estimate of drug-likeness (QED) is 0.185. The van der Waals surface area contributed by atoms with Gasteiger partial charge in [-0.15, -0.1) is 0 Å². The molecule has 0 bridgehead atoms. The lowest BCUT2D eigenvalue weighted by atomic mass is 10.1. The van der Waals surface area contributed by atoms with Gasteiger partial charge in [0, 0.05) is 23.5 Å². The van der Waals surface area contributed by atoms with Crippen LogP contribution in [0.15, 0.2) is 29.4 Å². The van der Waals surface area contributed by atoms with Crippen molar-refractivity contribution in [3.63, 3.8) is 0 Å². The summed E-state index contributed by atoms with van der Waals surface area (Å²) in [5, 5.41) is 14.2. The molecule has 2 heterocycles. The van der Waals surface area contributed by atoms with Gasteiger partial charge in [-0.25, -0.2) is 4.79 Å². The number of hydrogen-bond donors (Lipinski definition) is 0. The average Bonchev–Trinajstić information content (AvgIpc) is 3.11. The Morgan fingerprint density at radius 2 is 2.15 bits per heavy atom. The topological polar surface area (TPSA) is 146 Å². The molecule has 11 nitrogen and oxygen atoms in total. The first kappa shape index (κ1) is 19.1. The standard InChI is InChI=1S/C16H18N4O7/c1-16(2)26-12-7-11(25-15(12)27-16)13(8-18-19-17)24-14(21)9-3-5-10(6-4-9)20(22)23/h3-6,11-13,15H,7-8H2,1-2H3/t11-,12+,13-,15+/m0/s1. The number of fused-ring (bicyclic) bond motifs is 1. The molecule has 0 amide bonds. The van der Waals surface area contributed by atoms with Gasteiger partial charge in [-0.2, -0.15) is 0 Å². The summed E-state index contributed by atoms with van der Waals surface area (Å²) in [5.74, 6) is -1.46. The Bertz CT molecular complexity index is 759. The molecule has 27 heavy (non-hydrogen) atoms. The minimum Gasteiger partial charge on any atom is -0.456 e. The van der Waals surface area contributed by atoms with Crippen LogP contribution in [0.25, 0.3) is 10.4 Å². The maximum Gasteiger partial charge on any atom is 0.338 e. The van der Waals surface area contributed by atoms with E-state index in [1.807, 2.05) is 0 Å². The second-order valence-electron chi connectivity index (χ2n) is 6.61. The van der Waals surface area contributed by atoms with E-state index in [0.29, 0.717) is 6.42 Å². The van der Waals surface area contributed by atoms with Crippen LogP contribution in [-0.4, -0.2) is 47.8 Å². The minimum atomic E-state index is -0.843. The van der Waals surface area contributed by atoms with E-state index < -0.39 is 35.2 Å². The third-order valence-electron chi connectivity index (χ3n) is 4.22. The fourth-order valence-corrected chi connectivity index (χ4v) is 3.05. The Labute approximate surface area is 153 Å². The van der Waals surface area contributed by atoms with Crippen molar-refractivity contribution in [1.29, 1.82) is 0 Å². The van der Waals surface area contributed by atoms with Gasteiger partial charge in [0.2, 0.25) is 0 Å². The fourth-order valence-electron chi connectivity index (χ4n) is 3.05. The SMILES string of the molecule is CC1(C)O[C@H]2O[C@H]([C@H](CN=[N+]=[N-])OC(=O)c3ccc([N+](=O)[O-])cc3)C[C@H]2O1. The number of ether oxygens (including phenoxy) is 4. The lowest BCUT2D eigenvalue weighted by Gasteiger charge is -2.25. The number of nitro groups is 1. The number of azide groups is 1. The summed E-state index contributed by atoms with van der Waals surface area (Å²) in [5.41, 5.74) is 8.58. The maximum atomic E-state index is 12.4. The fraction of sp³-hybridized carbons (Fsp3) is 0.562. The van der Waals surface area contributed by atoms with Crippen LogP contribution in [0.2, 0.25) is 0 Å².